The molecule has 1 aromatic rings. The molecule has 4 nitrogen and oxygen atoms in total. The largest absolute Gasteiger partial charge is 0.377 e. The van der Waals surface area contributed by atoms with E-state index in [1.54, 1.807) is 6.07 Å². The highest BCUT2D eigenvalue weighted by atomic mass is 35.5. The van der Waals surface area contributed by atoms with Gasteiger partial charge in [0.25, 0.3) is 0 Å². The Hall–Kier alpha value is -0.880. The molecule has 1 heterocycles. The first-order valence-corrected chi connectivity index (χ1v) is 7.83. The second-order valence-corrected chi connectivity index (χ2v) is 7.12. The van der Waals surface area contributed by atoms with Crippen LogP contribution in [0.1, 0.15) is 26.7 Å². The lowest BCUT2D eigenvalue weighted by atomic mass is 9.46. The third-order valence-electron chi connectivity index (χ3n) is 5.24. The highest BCUT2D eigenvalue weighted by Crippen LogP contribution is 2.57. The normalized spacial score (nSPS) is 31.3. The number of carbonyl (C=O) groups excluding carboxylic acids is 1. The van der Waals surface area contributed by atoms with Crippen molar-refractivity contribution in [1.29, 1.82) is 0 Å². The molecule has 0 radical (unpaired) electrons. The van der Waals surface area contributed by atoms with Crippen molar-refractivity contribution < 1.29 is 13.9 Å². The molecule has 1 aliphatic carbocycles. The number of anilines is 1. The van der Waals surface area contributed by atoms with Crippen LogP contribution in [-0.2, 0) is 9.53 Å². The van der Waals surface area contributed by atoms with Gasteiger partial charge in [0.2, 0.25) is 5.91 Å². The van der Waals surface area contributed by atoms with E-state index in [4.69, 9.17) is 22.1 Å². The standard InChI is InChI=1S/C16H20ClFN2O2.ClH/c1-15(2)13-10(4-3-7-22-13)16(15,19)14(21)20-9-5-6-11(17)12(18)8-9;/h5-6,8,10,13H,3-4,7,19H2,1-2H3,(H,20,21);1H. The summed E-state index contributed by atoms with van der Waals surface area (Å²) in [6.07, 6.45) is 1.77. The smallest absolute Gasteiger partial charge is 0.245 e. The van der Waals surface area contributed by atoms with Crippen molar-refractivity contribution in [2.45, 2.75) is 38.3 Å². The zero-order valence-corrected chi connectivity index (χ0v) is 14.6. The molecule has 0 spiro atoms. The molecule has 1 saturated heterocycles. The van der Waals surface area contributed by atoms with Gasteiger partial charge in [-0.2, -0.15) is 0 Å². The summed E-state index contributed by atoms with van der Waals surface area (Å²) in [7, 11) is 0. The van der Waals surface area contributed by atoms with Gasteiger partial charge in [0.15, 0.2) is 0 Å². The van der Waals surface area contributed by atoms with Gasteiger partial charge in [-0.25, -0.2) is 4.39 Å². The van der Waals surface area contributed by atoms with E-state index in [0.29, 0.717) is 12.3 Å². The van der Waals surface area contributed by atoms with Crippen LogP contribution in [0.2, 0.25) is 5.02 Å². The Labute approximate surface area is 146 Å². The Bertz CT molecular complexity index is 626. The molecule has 3 rings (SSSR count). The van der Waals surface area contributed by atoms with Crippen LogP contribution < -0.4 is 11.1 Å². The van der Waals surface area contributed by atoms with Crippen molar-refractivity contribution in [1.82, 2.24) is 0 Å². The van der Waals surface area contributed by atoms with Crippen LogP contribution in [0.25, 0.3) is 0 Å². The maximum atomic E-state index is 13.5. The number of nitrogens with one attached hydrogen (secondary N) is 1. The first-order valence-electron chi connectivity index (χ1n) is 7.45. The average molecular weight is 363 g/mol. The summed E-state index contributed by atoms with van der Waals surface area (Å²) in [5, 5.41) is 2.74. The predicted octanol–water partition coefficient (Wildman–Crippen LogP) is 3.37. The molecule has 3 N–H and O–H groups in total. The van der Waals surface area contributed by atoms with Crippen LogP contribution in [0.15, 0.2) is 18.2 Å². The van der Waals surface area contributed by atoms with Gasteiger partial charge in [0, 0.05) is 23.6 Å². The second kappa shape index (κ2) is 6.20. The average Bonchev–Trinajstić information content (AvgIpc) is 2.50. The summed E-state index contributed by atoms with van der Waals surface area (Å²) in [6, 6.07) is 4.17. The lowest BCUT2D eigenvalue weighted by Crippen LogP contribution is -2.81. The quantitative estimate of drug-likeness (QED) is 0.847. The van der Waals surface area contributed by atoms with Crippen LogP contribution >= 0.6 is 24.0 Å². The van der Waals surface area contributed by atoms with Gasteiger partial charge < -0.3 is 15.8 Å². The monoisotopic (exact) mass is 362 g/mol. The third-order valence-corrected chi connectivity index (χ3v) is 5.54. The minimum atomic E-state index is -1.02. The fraction of sp³-hybridized carbons (Fsp3) is 0.562. The molecular formula is C16H21Cl2FN2O2. The molecule has 1 aliphatic heterocycles. The second-order valence-electron chi connectivity index (χ2n) is 6.71. The number of hydrogen-bond acceptors (Lipinski definition) is 3. The summed E-state index contributed by atoms with van der Waals surface area (Å²) in [5.41, 5.74) is 5.35. The number of carbonyl (C=O) groups is 1. The van der Waals surface area contributed by atoms with Crippen molar-refractivity contribution in [3.63, 3.8) is 0 Å². The maximum Gasteiger partial charge on any atom is 0.245 e. The summed E-state index contributed by atoms with van der Waals surface area (Å²) in [5.74, 6) is -0.878. The topological polar surface area (TPSA) is 64.3 Å². The van der Waals surface area contributed by atoms with Crippen LogP contribution in [0.3, 0.4) is 0 Å². The number of rotatable bonds is 2. The Morgan fingerprint density at radius 3 is 2.83 bits per heavy atom. The minimum Gasteiger partial charge on any atom is -0.377 e. The van der Waals surface area contributed by atoms with E-state index in [9.17, 15) is 9.18 Å². The fourth-order valence-corrected chi connectivity index (χ4v) is 3.96. The predicted molar refractivity (Wildman–Crippen MR) is 90.5 cm³/mol. The highest BCUT2D eigenvalue weighted by molar-refractivity contribution is 6.30. The van der Waals surface area contributed by atoms with Crippen LogP contribution in [0, 0.1) is 17.2 Å². The molecule has 7 heteroatoms. The number of hydrogen-bond donors (Lipinski definition) is 2. The molecule has 2 fully saturated rings. The Balaban J connectivity index is 0.00000192. The number of halogens is 3. The summed E-state index contributed by atoms with van der Waals surface area (Å²) < 4.78 is 19.3. The maximum absolute atomic E-state index is 13.5. The lowest BCUT2D eigenvalue weighted by Gasteiger charge is -2.65. The van der Waals surface area contributed by atoms with Gasteiger partial charge in [-0.1, -0.05) is 25.4 Å². The Kier molecular flexibility index (Phi) is 4.98. The van der Waals surface area contributed by atoms with E-state index in [2.05, 4.69) is 5.32 Å². The third kappa shape index (κ3) is 2.64. The first-order chi connectivity index (χ1) is 10.3. The van der Waals surface area contributed by atoms with Crippen molar-refractivity contribution in [2.75, 3.05) is 11.9 Å². The van der Waals surface area contributed by atoms with Crippen LogP contribution in [0.5, 0.6) is 0 Å². The van der Waals surface area contributed by atoms with E-state index in [-0.39, 0.29) is 35.4 Å². The van der Waals surface area contributed by atoms with Gasteiger partial charge in [0.1, 0.15) is 11.4 Å². The van der Waals surface area contributed by atoms with E-state index >= 15 is 0 Å². The molecule has 3 unspecified atom stereocenters. The Morgan fingerprint density at radius 2 is 2.17 bits per heavy atom. The number of ether oxygens (including phenoxy) is 1. The summed E-state index contributed by atoms with van der Waals surface area (Å²) in [6.45, 7) is 4.60. The van der Waals surface area contributed by atoms with Crippen LogP contribution in [-0.4, -0.2) is 24.2 Å². The van der Waals surface area contributed by atoms with Crippen molar-refractivity contribution >= 4 is 35.6 Å². The molecule has 0 bridgehead atoms. The molecule has 23 heavy (non-hydrogen) atoms. The van der Waals surface area contributed by atoms with Crippen LogP contribution in [0.4, 0.5) is 10.1 Å². The van der Waals surface area contributed by atoms with Crippen molar-refractivity contribution in [3.8, 4) is 0 Å². The zero-order valence-electron chi connectivity index (χ0n) is 13.1. The molecular weight excluding hydrogens is 342 g/mol. The van der Waals surface area contributed by atoms with Crippen molar-refractivity contribution in [2.24, 2.45) is 17.1 Å². The van der Waals surface area contributed by atoms with E-state index in [1.807, 2.05) is 13.8 Å². The first kappa shape index (κ1) is 18.5. The molecule has 0 aromatic heterocycles. The number of fused-ring (bicyclic) bond motifs is 1. The highest BCUT2D eigenvalue weighted by Gasteiger charge is 2.70. The van der Waals surface area contributed by atoms with Gasteiger partial charge >= 0.3 is 0 Å². The van der Waals surface area contributed by atoms with E-state index in [0.717, 1.165) is 12.8 Å². The van der Waals surface area contributed by atoms with Gasteiger partial charge in [0.05, 0.1) is 11.1 Å². The molecule has 128 valence electrons. The molecule has 1 amide bonds. The van der Waals surface area contributed by atoms with Gasteiger partial charge in [-0.05, 0) is 31.0 Å². The van der Waals surface area contributed by atoms with E-state index in [1.165, 1.54) is 12.1 Å². The molecule has 1 saturated carbocycles. The summed E-state index contributed by atoms with van der Waals surface area (Å²) >= 11 is 5.65. The number of benzene rings is 1. The van der Waals surface area contributed by atoms with E-state index < -0.39 is 16.8 Å². The SMILES string of the molecule is CC1(C)C2OCCCC2C1(N)C(=O)Nc1ccc(Cl)c(F)c1.Cl. The van der Waals surface area contributed by atoms with Gasteiger partial charge in [-0.15, -0.1) is 12.4 Å². The molecule has 3 atom stereocenters. The zero-order chi connectivity index (χ0) is 16.1. The Morgan fingerprint density at radius 1 is 1.48 bits per heavy atom. The van der Waals surface area contributed by atoms with Gasteiger partial charge in [-0.3, -0.25) is 4.79 Å². The summed E-state index contributed by atoms with van der Waals surface area (Å²) in [4.78, 5) is 12.7. The fourth-order valence-electron chi connectivity index (χ4n) is 3.85. The number of nitrogens with two attached hydrogens (primary N) is 1. The molecule has 1 aromatic carbocycles. The minimum absolute atomic E-state index is 0. The number of amides is 1. The molecule has 2 aliphatic rings. The lowest BCUT2D eigenvalue weighted by molar-refractivity contribution is -0.222. The van der Waals surface area contributed by atoms with Crippen molar-refractivity contribution in [3.05, 3.63) is 29.0 Å².